The average molecular weight is 410 g/mol. The number of benzene rings is 1. The predicted molar refractivity (Wildman–Crippen MR) is 108 cm³/mol. The maximum absolute atomic E-state index is 13.1. The lowest BCUT2D eigenvalue weighted by molar-refractivity contribution is 0.0940. The number of hydrogen-bond acceptors (Lipinski definition) is 5. The molecule has 8 heteroatoms. The number of carbonyl (C=O) groups excluding carboxylic acids is 1. The minimum absolute atomic E-state index is 0.236. The molecule has 2 aromatic heterocycles. The van der Waals surface area contributed by atoms with Gasteiger partial charge in [-0.25, -0.2) is 14.4 Å². The molecule has 1 amide bonds. The van der Waals surface area contributed by atoms with Gasteiger partial charge in [-0.1, -0.05) is 29.8 Å². The molecule has 146 valence electrons. The molecule has 2 heterocycles. The Morgan fingerprint density at radius 3 is 2.62 bits per heavy atom. The summed E-state index contributed by atoms with van der Waals surface area (Å²) in [6, 6.07) is 12.5. The van der Waals surface area contributed by atoms with E-state index in [1.807, 2.05) is 12.1 Å². The molecular weight excluding hydrogens is 393 g/mol. The zero-order valence-electron chi connectivity index (χ0n) is 15.5. The van der Waals surface area contributed by atoms with Crippen molar-refractivity contribution in [3.8, 4) is 6.07 Å². The maximum atomic E-state index is 13.1. The van der Waals surface area contributed by atoms with Gasteiger partial charge >= 0.3 is 0 Å². The molecule has 6 nitrogen and oxygen atoms in total. The van der Waals surface area contributed by atoms with E-state index in [0.29, 0.717) is 17.5 Å². The van der Waals surface area contributed by atoms with Gasteiger partial charge in [-0.05, 0) is 42.3 Å². The fourth-order valence-corrected chi connectivity index (χ4v) is 2.76. The van der Waals surface area contributed by atoms with Gasteiger partial charge in [-0.15, -0.1) is 0 Å². The third-order valence-electron chi connectivity index (χ3n) is 4.23. The molecule has 0 aliphatic rings. The third kappa shape index (κ3) is 5.27. The lowest BCUT2D eigenvalue weighted by atomic mass is 10.1. The van der Waals surface area contributed by atoms with E-state index in [4.69, 9.17) is 16.9 Å². The maximum Gasteiger partial charge on any atom is 0.255 e. The molecule has 0 radical (unpaired) electrons. The number of nitrogens with one attached hydrogen (secondary N) is 2. The van der Waals surface area contributed by atoms with E-state index in [9.17, 15) is 9.18 Å². The highest BCUT2D eigenvalue weighted by atomic mass is 35.5. The normalized spacial score (nSPS) is 11.4. The van der Waals surface area contributed by atoms with Crippen LogP contribution in [0.3, 0.4) is 0 Å². The van der Waals surface area contributed by atoms with E-state index >= 15 is 0 Å². The standard InChI is InChI=1S/C21H17ClFN5O/c1-13(16-3-5-17(23)6-4-16)28-21(29)18-8-15(9-24)12-27-20(18)26-11-14-2-7-19(22)25-10-14/h2-8,10,12-13H,11H2,1H3,(H,26,27)(H,28,29). The Morgan fingerprint density at radius 1 is 1.21 bits per heavy atom. The number of aromatic nitrogens is 2. The topological polar surface area (TPSA) is 90.7 Å². The summed E-state index contributed by atoms with van der Waals surface area (Å²) < 4.78 is 13.1. The molecule has 0 spiro atoms. The SMILES string of the molecule is CC(NC(=O)c1cc(C#N)cnc1NCc1ccc(Cl)nc1)c1ccc(F)cc1. The van der Waals surface area contributed by atoms with E-state index in [-0.39, 0.29) is 23.0 Å². The molecule has 0 saturated heterocycles. The van der Waals surface area contributed by atoms with Gasteiger partial charge in [0.15, 0.2) is 0 Å². The molecule has 29 heavy (non-hydrogen) atoms. The zero-order valence-corrected chi connectivity index (χ0v) is 16.2. The average Bonchev–Trinajstić information content (AvgIpc) is 2.73. The number of amides is 1. The molecule has 3 aromatic rings. The van der Waals surface area contributed by atoms with Crippen LogP contribution in [0.5, 0.6) is 0 Å². The monoisotopic (exact) mass is 409 g/mol. The number of nitriles is 1. The summed E-state index contributed by atoms with van der Waals surface area (Å²) in [6.07, 6.45) is 3.01. The summed E-state index contributed by atoms with van der Waals surface area (Å²) in [5.74, 6) is -0.410. The van der Waals surface area contributed by atoms with Gasteiger partial charge in [-0.2, -0.15) is 5.26 Å². The van der Waals surface area contributed by atoms with Crippen LogP contribution in [0.15, 0.2) is 54.9 Å². The first-order valence-electron chi connectivity index (χ1n) is 8.77. The number of rotatable bonds is 6. The van der Waals surface area contributed by atoms with Gasteiger partial charge in [0, 0.05) is 18.9 Å². The van der Waals surface area contributed by atoms with Gasteiger partial charge in [0.05, 0.1) is 17.2 Å². The Hall–Kier alpha value is -3.50. The van der Waals surface area contributed by atoms with Crippen molar-refractivity contribution < 1.29 is 9.18 Å². The molecular formula is C21H17ClFN5O. The second kappa shape index (κ2) is 9.13. The smallest absolute Gasteiger partial charge is 0.255 e. The number of hydrogen-bond donors (Lipinski definition) is 2. The van der Waals surface area contributed by atoms with Crippen molar-refractivity contribution in [1.29, 1.82) is 5.26 Å². The highest BCUT2D eigenvalue weighted by Crippen LogP contribution is 2.19. The fourth-order valence-electron chi connectivity index (χ4n) is 2.65. The van der Waals surface area contributed by atoms with Crippen molar-refractivity contribution in [2.45, 2.75) is 19.5 Å². The fraction of sp³-hybridized carbons (Fsp3) is 0.143. The highest BCUT2D eigenvalue weighted by Gasteiger charge is 2.17. The number of halogens is 2. The van der Waals surface area contributed by atoms with Gasteiger partial charge in [-0.3, -0.25) is 4.79 Å². The Kier molecular flexibility index (Phi) is 6.37. The lowest BCUT2D eigenvalue weighted by Gasteiger charge is -2.16. The van der Waals surface area contributed by atoms with E-state index in [1.165, 1.54) is 24.4 Å². The molecule has 3 rings (SSSR count). The highest BCUT2D eigenvalue weighted by molar-refractivity contribution is 6.29. The van der Waals surface area contributed by atoms with Gasteiger partial charge < -0.3 is 10.6 Å². The second-order valence-electron chi connectivity index (χ2n) is 6.32. The Labute approximate surface area is 172 Å². The molecule has 1 unspecified atom stereocenters. The van der Waals surface area contributed by atoms with E-state index < -0.39 is 5.91 Å². The van der Waals surface area contributed by atoms with Crippen LogP contribution in [-0.4, -0.2) is 15.9 Å². The molecule has 0 bridgehead atoms. The number of carbonyl (C=O) groups is 1. The quantitative estimate of drug-likeness (QED) is 0.594. The molecule has 0 aliphatic heterocycles. The van der Waals surface area contributed by atoms with Gasteiger partial charge in [0.25, 0.3) is 5.91 Å². The lowest BCUT2D eigenvalue weighted by Crippen LogP contribution is -2.28. The first kappa shape index (κ1) is 20.2. The Balaban J connectivity index is 1.78. The van der Waals surface area contributed by atoms with Crippen LogP contribution in [0, 0.1) is 17.1 Å². The summed E-state index contributed by atoms with van der Waals surface area (Å²) >= 11 is 5.79. The molecule has 0 fully saturated rings. The van der Waals surface area contributed by atoms with E-state index in [0.717, 1.165) is 11.1 Å². The molecule has 2 N–H and O–H groups in total. The van der Waals surface area contributed by atoms with Crippen LogP contribution >= 0.6 is 11.6 Å². The first-order valence-corrected chi connectivity index (χ1v) is 9.15. The van der Waals surface area contributed by atoms with Gasteiger partial charge in [0.2, 0.25) is 0 Å². The van der Waals surface area contributed by atoms with E-state index in [2.05, 4.69) is 20.6 Å². The van der Waals surface area contributed by atoms with Crippen LogP contribution < -0.4 is 10.6 Å². The van der Waals surface area contributed by atoms with Crippen molar-refractivity contribution in [1.82, 2.24) is 15.3 Å². The summed E-state index contributed by atoms with van der Waals surface area (Å²) in [7, 11) is 0. The zero-order chi connectivity index (χ0) is 20.8. The minimum Gasteiger partial charge on any atom is -0.365 e. The summed E-state index contributed by atoms with van der Waals surface area (Å²) in [4.78, 5) is 21.1. The van der Waals surface area contributed by atoms with Crippen molar-refractivity contribution in [3.63, 3.8) is 0 Å². The summed E-state index contributed by atoms with van der Waals surface area (Å²) in [6.45, 7) is 2.16. The van der Waals surface area contributed by atoms with Crippen LogP contribution in [0.1, 0.15) is 40.0 Å². The largest absolute Gasteiger partial charge is 0.365 e. The van der Waals surface area contributed by atoms with Crippen LogP contribution in [0.4, 0.5) is 10.2 Å². The molecule has 0 saturated carbocycles. The predicted octanol–water partition coefficient (Wildman–Crippen LogP) is 4.24. The summed E-state index contributed by atoms with van der Waals surface area (Å²) in [5, 5.41) is 15.5. The van der Waals surface area contributed by atoms with Crippen molar-refractivity contribution in [2.75, 3.05) is 5.32 Å². The van der Waals surface area contributed by atoms with E-state index in [1.54, 1.807) is 31.3 Å². The molecule has 1 atom stereocenters. The van der Waals surface area contributed by atoms with Crippen molar-refractivity contribution in [3.05, 3.63) is 88.1 Å². The van der Waals surface area contributed by atoms with Crippen LogP contribution in [0.25, 0.3) is 0 Å². The van der Waals surface area contributed by atoms with Crippen molar-refractivity contribution in [2.24, 2.45) is 0 Å². The number of anilines is 1. The van der Waals surface area contributed by atoms with Gasteiger partial charge in [0.1, 0.15) is 22.9 Å². The molecule has 1 aromatic carbocycles. The second-order valence-corrected chi connectivity index (χ2v) is 6.71. The third-order valence-corrected chi connectivity index (χ3v) is 4.45. The Morgan fingerprint density at radius 2 is 1.97 bits per heavy atom. The minimum atomic E-state index is -0.400. The number of nitrogens with zero attached hydrogens (tertiary/aromatic N) is 3. The van der Waals surface area contributed by atoms with Crippen LogP contribution in [-0.2, 0) is 6.54 Å². The first-order chi connectivity index (χ1) is 14.0. The molecule has 0 aliphatic carbocycles. The van der Waals surface area contributed by atoms with Crippen LogP contribution in [0.2, 0.25) is 5.15 Å². The Bertz CT molecular complexity index is 1050. The summed E-state index contributed by atoms with van der Waals surface area (Å²) in [5.41, 5.74) is 2.11. The number of pyridine rings is 2. The van der Waals surface area contributed by atoms with Crippen molar-refractivity contribution >= 4 is 23.3 Å².